The molecule has 2 N–H and O–H groups in total. The number of hydrogen-bond acceptors (Lipinski definition) is 4. The molecular weight excluding hydrogens is 352 g/mol. The highest BCUT2D eigenvalue weighted by Gasteiger charge is 2.28. The van der Waals surface area contributed by atoms with E-state index in [9.17, 15) is 4.79 Å². The summed E-state index contributed by atoms with van der Waals surface area (Å²) in [6, 6.07) is 10.1. The van der Waals surface area contributed by atoms with Gasteiger partial charge in [-0.05, 0) is 44.6 Å². The highest BCUT2D eigenvalue weighted by molar-refractivity contribution is 5.79. The van der Waals surface area contributed by atoms with E-state index in [4.69, 9.17) is 15.2 Å². The third-order valence-electron chi connectivity index (χ3n) is 5.55. The highest BCUT2D eigenvalue weighted by atomic mass is 16.7. The topological polar surface area (TPSA) is 64.8 Å². The lowest BCUT2D eigenvalue weighted by Gasteiger charge is -2.34. The Balaban J connectivity index is 2.10. The Bertz CT molecular complexity index is 540. The first kappa shape index (κ1) is 22.9. The Hall–Kier alpha value is -1.43. The first-order valence-corrected chi connectivity index (χ1v) is 10.9. The van der Waals surface area contributed by atoms with Crippen molar-refractivity contribution in [2.24, 2.45) is 17.6 Å². The predicted octanol–water partition coefficient (Wildman–Crippen LogP) is 3.61. The fraction of sp³-hybridized carbons (Fsp3) is 0.696. The molecule has 2 rings (SSSR count). The first-order chi connectivity index (χ1) is 13.7. The van der Waals surface area contributed by atoms with Gasteiger partial charge >= 0.3 is 0 Å². The van der Waals surface area contributed by atoms with Crippen LogP contribution in [0.2, 0.25) is 0 Å². The Labute approximate surface area is 170 Å². The lowest BCUT2D eigenvalue weighted by atomic mass is 9.88. The fourth-order valence-electron chi connectivity index (χ4n) is 4.07. The molecule has 1 aliphatic rings. The van der Waals surface area contributed by atoms with Crippen molar-refractivity contribution in [1.82, 2.24) is 4.90 Å². The SMILES string of the molecule is CCOC(CN(CC1CCCCC1)C(=O)[C@@H](CN)Cc1ccccc1)OCC. The van der Waals surface area contributed by atoms with Gasteiger partial charge in [-0.15, -0.1) is 0 Å². The van der Waals surface area contributed by atoms with E-state index in [1.165, 1.54) is 32.1 Å². The maximum atomic E-state index is 13.4. The van der Waals surface area contributed by atoms with Gasteiger partial charge in [0, 0.05) is 26.3 Å². The molecule has 158 valence electrons. The van der Waals surface area contributed by atoms with Crippen molar-refractivity contribution in [2.75, 3.05) is 32.8 Å². The van der Waals surface area contributed by atoms with Crippen LogP contribution in [0.5, 0.6) is 0 Å². The predicted molar refractivity (Wildman–Crippen MR) is 113 cm³/mol. The summed E-state index contributed by atoms with van der Waals surface area (Å²) >= 11 is 0. The number of carbonyl (C=O) groups is 1. The second-order valence-corrected chi connectivity index (χ2v) is 7.71. The molecule has 1 amide bonds. The molecule has 5 nitrogen and oxygen atoms in total. The molecule has 1 saturated carbocycles. The second kappa shape index (κ2) is 12.9. The van der Waals surface area contributed by atoms with Gasteiger partial charge in [-0.25, -0.2) is 0 Å². The molecule has 0 radical (unpaired) electrons. The van der Waals surface area contributed by atoms with Crippen LogP contribution in [0.15, 0.2) is 30.3 Å². The molecule has 0 aliphatic heterocycles. The summed E-state index contributed by atoms with van der Waals surface area (Å²) in [5.74, 6) is 0.480. The quantitative estimate of drug-likeness (QED) is 0.554. The van der Waals surface area contributed by atoms with Crippen molar-refractivity contribution in [3.8, 4) is 0 Å². The van der Waals surface area contributed by atoms with Gasteiger partial charge < -0.3 is 20.1 Å². The van der Waals surface area contributed by atoms with Crippen LogP contribution < -0.4 is 5.73 Å². The summed E-state index contributed by atoms with van der Waals surface area (Å²) in [5.41, 5.74) is 7.18. The number of amides is 1. The molecule has 0 aromatic heterocycles. The minimum Gasteiger partial charge on any atom is -0.351 e. The van der Waals surface area contributed by atoms with Crippen LogP contribution in [0.1, 0.15) is 51.5 Å². The van der Waals surface area contributed by atoms with Crippen LogP contribution >= 0.6 is 0 Å². The Morgan fingerprint density at radius 3 is 2.32 bits per heavy atom. The lowest BCUT2D eigenvalue weighted by Crippen LogP contribution is -2.47. The molecule has 1 atom stereocenters. The third kappa shape index (κ3) is 7.53. The van der Waals surface area contributed by atoms with E-state index < -0.39 is 0 Å². The summed E-state index contributed by atoms with van der Waals surface area (Å²) in [5, 5.41) is 0. The van der Waals surface area contributed by atoms with E-state index in [-0.39, 0.29) is 18.1 Å². The van der Waals surface area contributed by atoms with Crippen molar-refractivity contribution in [3.05, 3.63) is 35.9 Å². The van der Waals surface area contributed by atoms with E-state index in [1.807, 2.05) is 36.9 Å². The number of rotatable bonds is 12. The number of nitrogens with two attached hydrogens (primary N) is 1. The van der Waals surface area contributed by atoms with Crippen LogP contribution in [-0.4, -0.2) is 49.9 Å². The van der Waals surface area contributed by atoms with Crippen molar-refractivity contribution in [1.29, 1.82) is 0 Å². The lowest BCUT2D eigenvalue weighted by molar-refractivity contribution is -0.162. The van der Waals surface area contributed by atoms with Gasteiger partial charge in [-0.3, -0.25) is 4.79 Å². The number of hydrogen-bond donors (Lipinski definition) is 1. The van der Waals surface area contributed by atoms with Crippen molar-refractivity contribution < 1.29 is 14.3 Å². The smallest absolute Gasteiger partial charge is 0.227 e. The van der Waals surface area contributed by atoms with Crippen molar-refractivity contribution >= 4 is 5.91 Å². The van der Waals surface area contributed by atoms with Gasteiger partial charge in [0.15, 0.2) is 6.29 Å². The number of nitrogens with zero attached hydrogens (tertiary/aromatic N) is 1. The molecule has 0 spiro atoms. The van der Waals surface area contributed by atoms with E-state index in [0.717, 1.165) is 12.1 Å². The van der Waals surface area contributed by atoms with Crippen LogP contribution in [0.3, 0.4) is 0 Å². The van der Waals surface area contributed by atoms with E-state index >= 15 is 0 Å². The van der Waals surface area contributed by atoms with Crippen molar-refractivity contribution in [2.45, 2.75) is 58.7 Å². The second-order valence-electron chi connectivity index (χ2n) is 7.71. The van der Waals surface area contributed by atoms with Crippen LogP contribution in [-0.2, 0) is 20.7 Å². The van der Waals surface area contributed by atoms with Gasteiger partial charge in [0.2, 0.25) is 5.91 Å². The monoisotopic (exact) mass is 390 g/mol. The molecule has 1 fully saturated rings. The Morgan fingerprint density at radius 1 is 1.11 bits per heavy atom. The van der Waals surface area contributed by atoms with Crippen LogP contribution in [0.4, 0.5) is 0 Å². The molecule has 28 heavy (non-hydrogen) atoms. The summed E-state index contributed by atoms with van der Waals surface area (Å²) in [6.07, 6.45) is 6.52. The summed E-state index contributed by atoms with van der Waals surface area (Å²) < 4.78 is 11.5. The molecule has 1 aliphatic carbocycles. The molecular formula is C23H38N2O3. The molecule has 0 unspecified atom stereocenters. The molecule has 0 bridgehead atoms. The minimum absolute atomic E-state index is 0.126. The Morgan fingerprint density at radius 2 is 1.75 bits per heavy atom. The average Bonchev–Trinajstić information content (AvgIpc) is 2.73. The van der Waals surface area contributed by atoms with Gasteiger partial charge in [0.1, 0.15) is 0 Å². The first-order valence-electron chi connectivity index (χ1n) is 10.9. The third-order valence-corrected chi connectivity index (χ3v) is 5.55. The van der Waals surface area contributed by atoms with Crippen molar-refractivity contribution in [3.63, 3.8) is 0 Å². The summed E-state index contributed by atoms with van der Waals surface area (Å²) in [7, 11) is 0. The van der Waals surface area contributed by atoms with Crippen LogP contribution in [0, 0.1) is 11.8 Å². The maximum Gasteiger partial charge on any atom is 0.227 e. The normalized spacial score (nSPS) is 16.3. The molecule has 1 aromatic rings. The largest absolute Gasteiger partial charge is 0.351 e. The average molecular weight is 391 g/mol. The number of carbonyl (C=O) groups excluding carboxylic acids is 1. The van der Waals surface area contributed by atoms with Gasteiger partial charge in [0.05, 0.1) is 12.5 Å². The molecule has 0 heterocycles. The Kier molecular flexibility index (Phi) is 10.5. The fourth-order valence-corrected chi connectivity index (χ4v) is 4.07. The zero-order valence-electron chi connectivity index (χ0n) is 17.6. The molecule has 0 saturated heterocycles. The maximum absolute atomic E-state index is 13.4. The van der Waals surface area contributed by atoms with E-state index in [1.54, 1.807) is 0 Å². The van der Waals surface area contributed by atoms with E-state index in [2.05, 4.69) is 12.1 Å². The molecule has 5 heteroatoms. The van der Waals surface area contributed by atoms with Gasteiger partial charge in [-0.1, -0.05) is 49.6 Å². The summed E-state index contributed by atoms with van der Waals surface area (Å²) in [6.45, 7) is 6.65. The standard InChI is InChI=1S/C23H38N2O3/c1-3-27-22(28-4-2)18-25(17-20-13-9-6-10-14-20)23(26)21(16-24)15-19-11-7-5-8-12-19/h5,7-8,11-12,20-22H,3-4,6,9-10,13-18,24H2,1-2H3/t21-/m1/s1. The van der Waals surface area contributed by atoms with Crippen LogP contribution in [0.25, 0.3) is 0 Å². The molecule has 1 aromatic carbocycles. The number of ether oxygens (including phenoxy) is 2. The van der Waals surface area contributed by atoms with Gasteiger partial charge in [-0.2, -0.15) is 0 Å². The van der Waals surface area contributed by atoms with E-state index in [0.29, 0.717) is 38.6 Å². The summed E-state index contributed by atoms with van der Waals surface area (Å²) in [4.78, 5) is 15.4. The zero-order chi connectivity index (χ0) is 20.2. The minimum atomic E-state index is -0.377. The number of benzene rings is 1. The highest BCUT2D eigenvalue weighted by Crippen LogP contribution is 2.25. The zero-order valence-corrected chi connectivity index (χ0v) is 17.6. The van der Waals surface area contributed by atoms with Gasteiger partial charge in [0.25, 0.3) is 0 Å².